The van der Waals surface area contributed by atoms with E-state index in [1.54, 1.807) is 18.0 Å². The van der Waals surface area contributed by atoms with Crippen molar-refractivity contribution in [2.75, 3.05) is 30.8 Å². The molecule has 3 aromatic carbocycles. The van der Waals surface area contributed by atoms with Gasteiger partial charge in [0.15, 0.2) is 0 Å². The van der Waals surface area contributed by atoms with Crippen LogP contribution in [0.4, 0.5) is 20.6 Å². The van der Waals surface area contributed by atoms with E-state index >= 15 is 0 Å². The summed E-state index contributed by atoms with van der Waals surface area (Å²) >= 11 is 0. The van der Waals surface area contributed by atoms with E-state index in [0.717, 1.165) is 11.1 Å². The number of nitrogens with one attached hydrogen (secondary N) is 2. The van der Waals surface area contributed by atoms with Gasteiger partial charge in [-0.2, -0.15) is 0 Å². The van der Waals surface area contributed by atoms with Crippen molar-refractivity contribution < 1.29 is 18.7 Å². The summed E-state index contributed by atoms with van der Waals surface area (Å²) in [6.07, 6.45) is 0.453. The minimum absolute atomic E-state index is 0.201. The van der Waals surface area contributed by atoms with Crippen LogP contribution in [0.2, 0.25) is 0 Å². The Bertz CT molecular complexity index is 1130. The molecule has 1 aliphatic heterocycles. The molecule has 0 unspecified atom stereocenters. The van der Waals surface area contributed by atoms with Gasteiger partial charge in [-0.25, -0.2) is 9.18 Å². The minimum atomic E-state index is -0.852. The topological polar surface area (TPSA) is 70.7 Å². The summed E-state index contributed by atoms with van der Waals surface area (Å²) in [6, 6.07) is 23.3. The van der Waals surface area contributed by atoms with Crippen molar-refractivity contribution in [2.45, 2.75) is 24.9 Å². The zero-order valence-electron chi connectivity index (χ0n) is 19.1. The van der Waals surface area contributed by atoms with E-state index in [9.17, 15) is 14.0 Å². The van der Waals surface area contributed by atoms with Crippen molar-refractivity contribution in [1.82, 2.24) is 4.90 Å². The second-order valence-corrected chi connectivity index (χ2v) is 8.37. The standard InChI is InChI=1S/C27H28FN3O3/c1-29-23-13-12-22(28)18-24(23)30-25(32)27(21-10-6-3-7-11-21)14-16-31(17-15-27)26(33)34-19-20-8-4-2-5-9-20/h2-13,18,29H,14-17,19H2,1H3,(H,30,32). The highest BCUT2D eigenvalue weighted by atomic mass is 19.1. The van der Waals surface area contributed by atoms with Crippen molar-refractivity contribution in [2.24, 2.45) is 0 Å². The number of ether oxygens (including phenoxy) is 1. The zero-order valence-corrected chi connectivity index (χ0v) is 19.1. The third-order valence-corrected chi connectivity index (χ3v) is 6.34. The van der Waals surface area contributed by atoms with E-state index < -0.39 is 17.3 Å². The number of amides is 2. The molecule has 6 nitrogen and oxygen atoms in total. The highest BCUT2D eigenvalue weighted by molar-refractivity contribution is 6.01. The van der Waals surface area contributed by atoms with E-state index in [2.05, 4.69) is 10.6 Å². The van der Waals surface area contributed by atoms with Gasteiger partial charge in [0.1, 0.15) is 12.4 Å². The second-order valence-electron chi connectivity index (χ2n) is 8.37. The van der Waals surface area contributed by atoms with Crippen molar-refractivity contribution in [1.29, 1.82) is 0 Å². The van der Waals surface area contributed by atoms with Gasteiger partial charge in [-0.05, 0) is 42.2 Å². The molecule has 0 aliphatic carbocycles. The van der Waals surface area contributed by atoms with Crippen molar-refractivity contribution >= 4 is 23.4 Å². The van der Waals surface area contributed by atoms with E-state index in [4.69, 9.17) is 4.74 Å². The van der Waals surface area contributed by atoms with E-state index in [1.165, 1.54) is 12.1 Å². The van der Waals surface area contributed by atoms with Crippen LogP contribution < -0.4 is 10.6 Å². The molecule has 4 rings (SSSR count). The quantitative estimate of drug-likeness (QED) is 0.531. The van der Waals surface area contributed by atoms with Gasteiger partial charge < -0.3 is 20.3 Å². The Morgan fingerprint density at radius 2 is 1.59 bits per heavy atom. The van der Waals surface area contributed by atoms with Gasteiger partial charge in [0.25, 0.3) is 0 Å². The molecule has 1 heterocycles. The first-order valence-electron chi connectivity index (χ1n) is 11.3. The summed E-state index contributed by atoms with van der Waals surface area (Å²) < 4.78 is 19.4. The molecule has 2 N–H and O–H groups in total. The predicted molar refractivity (Wildman–Crippen MR) is 130 cm³/mol. The fourth-order valence-corrected chi connectivity index (χ4v) is 4.37. The Morgan fingerprint density at radius 3 is 2.24 bits per heavy atom. The maximum atomic E-state index is 13.9. The molecular formula is C27H28FN3O3. The van der Waals surface area contributed by atoms with Gasteiger partial charge in [-0.1, -0.05) is 60.7 Å². The largest absolute Gasteiger partial charge is 0.445 e. The molecule has 0 bridgehead atoms. The molecule has 0 radical (unpaired) electrons. The van der Waals surface area contributed by atoms with Crippen LogP contribution in [0.15, 0.2) is 78.9 Å². The highest BCUT2D eigenvalue weighted by Crippen LogP contribution is 2.38. The van der Waals surface area contributed by atoms with Crippen LogP contribution in [0.1, 0.15) is 24.0 Å². The monoisotopic (exact) mass is 461 g/mol. The summed E-state index contributed by atoms with van der Waals surface area (Å²) in [5.74, 6) is -0.655. The van der Waals surface area contributed by atoms with E-state index in [-0.39, 0.29) is 12.5 Å². The van der Waals surface area contributed by atoms with Gasteiger partial charge in [0, 0.05) is 20.1 Å². The van der Waals surface area contributed by atoms with E-state index in [0.29, 0.717) is 37.3 Å². The first-order chi connectivity index (χ1) is 16.5. The molecule has 2 amide bonds. The predicted octanol–water partition coefficient (Wildman–Crippen LogP) is 5.18. The van der Waals surface area contributed by atoms with Crippen molar-refractivity contribution in [3.63, 3.8) is 0 Å². The summed E-state index contributed by atoms with van der Waals surface area (Å²) in [5.41, 5.74) is 1.94. The van der Waals surface area contributed by atoms with Gasteiger partial charge in [-0.3, -0.25) is 4.79 Å². The summed E-state index contributed by atoms with van der Waals surface area (Å²) in [7, 11) is 1.72. The number of nitrogens with zero attached hydrogens (tertiary/aromatic N) is 1. The average Bonchev–Trinajstić information content (AvgIpc) is 2.88. The average molecular weight is 462 g/mol. The molecule has 0 spiro atoms. The fourth-order valence-electron chi connectivity index (χ4n) is 4.37. The van der Waals surface area contributed by atoms with E-state index in [1.807, 2.05) is 60.7 Å². The number of hydrogen-bond acceptors (Lipinski definition) is 4. The number of carbonyl (C=O) groups excluding carboxylic acids is 2. The second kappa shape index (κ2) is 10.4. The lowest BCUT2D eigenvalue weighted by molar-refractivity contribution is -0.123. The lowest BCUT2D eigenvalue weighted by Gasteiger charge is -2.40. The molecular weight excluding hydrogens is 433 g/mol. The molecule has 1 fully saturated rings. The highest BCUT2D eigenvalue weighted by Gasteiger charge is 2.44. The number of halogens is 1. The van der Waals surface area contributed by atoms with Crippen LogP contribution in [0, 0.1) is 5.82 Å². The molecule has 0 aromatic heterocycles. The normalized spacial score (nSPS) is 14.8. The molecule has 0 atom stereocenters. The van der Waals surface area contributed by atoms with Gasteiger partial charge in [0.2, 0.25) is 5.91 Å². The first-order valence-corrected chi connectivity index (χ1v) is 11.3. The lowest BCUT2D eigenvalue weighted by Crippen LogP contribution is -2.51. The summed E-state index contributed by atoms with van der Waals surface area (Å²) in [5, 5.41) is 5.91. The van der Waals surface area contributed by atoms with Crippen LogP contribution in [-0.2, 0) is 21.6 Å². The summed E-state index contributed by atoms with van der Waals surface area (Å²) in [4.78, 5) is 28.0. The molecule has 34 heavy (non-hydrogen) atoms. The number of likely N-dealkylation sites (tertiary alicyclic amines) is 1. The van der Waals surface area contributed by atoms with Crippen LogP contribution in [0.5, 0.6) is 0 Å². The number of piperidine rings is 1. The lowest BCUT2D eigenvalue weighted by atomic mass is 9.72. The van der Waals surface area contributed by atoms with Crippen LogP contribution in [0.3, 0.4) is 0 Å². The molecule has 1 aliphatic rings. The fraction of sp³-hybridized carbons (Fsp3) is 0.259. The molecule has 176 valence electrons. The van der Waals surface area contributed by atoms with Gasteiger partial charge in [0.05, 0.1) is 16.8 Å². The third-order valence-electron chi connectivity index (χ3n) is 6.34. The number of carbonyl (C=O) groups is 2. The number of benzene rings is 3. The first kappa shape index (κ1) is 23.3. The Hall–Kier alpha value is -3.87. The van der Waals surface area contributed by atoms with Crippen molar-refractivity contribution in [3.8, 4) is 0 Å². The number of anilines is 2. The van der Waals surface area contributed by atoms with Crippen LogP contribution >= 0.6 is 0 Å². The molecule has 0 saturated carbocycles. The molecule has 3 aromatic rings. The van der Waals surface area contributed by atoms with Crippen LogP contribution in [0.25, 0.3) is 0 Å². The maximum Gasteiger partial charge on any atom is 0.410 e. The molecule has 7 heteroatoms. The Labute approximate surface area is 198 Å². The minimum Gasteiger partial charge on any atom is -0.445 e. The Kier molecular flexibility index (Phi) is 7.11. The Morgan fingerprint density at radius 1 is 0.941 bits per heavy atom. The maximum absolute atomic E-state index is 13.9. The van der Waals surface area contributed by atoms with Gasteiger partial charge >= 0.3 is 6.09 Å². The summed E-state index contributed by atoms with van der Waals surface area (Å²) in [6.45, 7) is 0.947. The smallest absolute Gasteiger partial charge is 0.410 e. The third kappa shape index (κ3) is 5.03. The number of hydrogen-bond donors (Lipinski definition) is 2. The van der Waals surface area contributed by atoms with Crippen molar-refractivity contribution in [3.05, 3.63) is 95.8 Å². The Balaban J connectivity index is 1.50. The SMILES string of the molecule is CNc1ccc(F)cc1NC(=O)C1(c2ccccc2)CCN(C(=O)OCc2ccccc2)CC1. The molecule has 1 saturated heterocycles. The number of rotatable bonds is 6. The van der Waals surface area contributed by atoms with Crippen LogP contribution in [-0.4, -0.2) is 37.0 Å². The zero-order chi connectivity index (χ0) is 24.0. The van der Waals surface area contributed by atoms with Gasteiger partial charge in [-0.15, -0.1) is 0 Å².